The van der Waals surface area contributed by atoms with Gasteiger partial charge in [0.2, 0.25) is 5.43 Å². The molecule has 62 valence electrons. The average molecular weight is 185 g/mol. The minimum absolute atomic E-state index is 0.0586. The van der Waals surface area contributed by atoms with Crippen LogP contribution in [0.2, 0.25) is 0 Å². The molecule has 0 fully saturated rings. The maximum absolute atomic E-state index is 10.8. The number of pyridine rings is 1. The molecule has 0 amide bonds. The van der Waals surface area contributed by atoms with Crippen molar-refractivity contribution >= 4 is 11.6 Å². The fourth-order valence-corrected chi connectivity index (χ4v) is 0.966. The molecule has 0 spiro atoms. The van der Waals surface area contributed by atoms with Crippen LogP contribution in [0, 0.1) is 11.5 Å². The van der Waals surface area contributed by atoms with Gasteiger partial charge in [0.05, 0.1) is 17.8 Å². The Balaban J connectivity index is 3.42. The van der Waals surface area contributed by atoms with Crippen LogP contribution in [0.15, 0.2) is 17.1 Å². The molecule has 0 unspecified atom stereocenters. The van der Waals surface area contributed by atoms with Gasteiger partial charge in [-0.2, -0.15) is 5.26 Å². The van der Waals surface area contributed by atoms with Gasteiger partial charge in [0.15, 0.2) is 11.9 Å². The number of nitrogens with zero attached hydrogens (tertiary/aromatic N) is 2. The first-order chi connectivity index (χ1) is 5.69. The van der Waals surface area contributed by atoms with Crippen LogP contribution in [-0.4, -0.2) is 9.67 Å². The highest BCUT2D eigenvalue weighted by Gasteiger charge is 2.03. The van der Waals surface area contributed by atoms with Crippen molar-refractivity contribution in [2.45, 2.75) is 5.88 Å². The third-order valence-corrected chi connectivity index (χ3v) is 1.63. The van der Waals surface area contributed by atoms with E-state index in [1.165, 1.54) is 0 Å². The van der Waals surface area contributed by atoms with Gasteiger partial charge in [0.1, 0.15) is 0 Å². The third kappa shape index (κ3) is 1.41. The van der Waals surface area contributed by atoms with Gasteiger partial charge >= 0.3 is 0 Å². The van der Waals surface area contributed by atoms with E-state index in [-0.39, 0.29) is 5.88 Å². The molecule has 0 aromatic carbocycles. The smallest absolute Gasteiger partial charge is 0.223 e. The Morgan fingerprint density at radius 2 is 2.42 bits per heavy atom. The van der Waals surface area contributed by atoms with Crippen molar-refractivity contribution in [1.82, 2.24) is 4.57 Å². The summed E-state index contributed by atoms with van der Waals surface area (Å²) in [5.41, 5.74) is -0.167. The highest BCUT2D eigenvalue weighted by atomic mass is 35.5. The zero-order valence-corrected chi connectivity index (χ0v) is 6.75. The van der Waals surface area contributed by atoms with Gasteiger partial charge in [0.25, 0.3) is 0 Å². The number of nitriles is 1. The van der Waals surface area contributed by atoms with Crippen LogP contribution in [0.25, 0.3) is 0 Å². The molecule has 0 bridgehead atoms. The van der Waals surface area contributed by atoms with E-state index in [1.54, 1.807) is 6.19 Å². The average Bonchev–Trinajstić information content (AvgIpc) is 2.09. The molecule has 1 aromatic rings. The van der Waals surface area contributed by atoms with Gasteiger partial charge < -0.3 is 5.11 Å². The van der Waals surface area contributed by atoms with Crippen molar-refractivity contribution in [3.63, 3.8) is 0 Å². The van der Waals surface area contributed by atoms with Gasteiger partial charge in [-0.3, -0.25) is 9.36 Å². The molecule has 0 aliphatic rings. The lowest BCUT2D eigenvalue weighted by atomic mass is 10.3. The number of alkyl halides is 1. The highest BCUT2D eigenvalue weighted by Crippen LogP contribution is 2.05. The van der Waals surface area contributed by atoms with Crippen molar-refractivity contribution in [1.29, 1.82) is 5.26 Å². The zero-order chi connectivity index (χ0) is 9.14. The fourth-order valence-electron chi connectivity index (χ4n) is 0.760. The van der Waals surface area contributed by atoms with E-state index < -0.39 is 11.2 Å². The van der Waals surface area contributed by atoms with Crippen molar-refractivity contribution in [2.75, 3.05) is 0 Å². The zero-order valence-electron chi connectivity index (χ0n) is 5.99. The first kappa shape index (κ1) is 8.62. The summed E-state index contributed by atoms with van der Waals surface area (Å²) in [6, 6.07) is 1.13. The molecule has 1 rings (SSSR count). The summed E-state index contributed by atoms with van der Waals surface area (Å²) < 4.78 is 1.05. The molecule has 0 atom stereocenters. The van der Waals surface area contributed by atoms with Crippen molar-refractivity contribution < 1.29 is 5.11 Å². The molecule has 5 heteroatoms. The number of halogens is 1. The van der Waals surface area contributed by atoms with Gasteiger partial charge in [-0.05, 0) is 0 Å². The molecule has 0 aliphatic carbocycles. The Bertz CT molecular complexity index is 391. The lowest BCUT2D eigenvalue weighted by molar-refractivity contribution is 0.465. The molecule has 12 heavy (non-hydrogen) atoms. The largest absolute Gasteiger partial charge is 0.503 e. The predicted octanol–water partition coefficient (Wildman–Crippen LogP) is 0.622. The van der Waals surface area contributed by atoms with Crippen LogP contribution >= 0.6 is 11.6 Å². The van der Waals surface area contributed by atoms with Crippen molar-refractivity contribution in [3.8, 4) is 11.9 Å². The Labute approximate surface area is 73.2 Å². The van der Waals surface area contributed by atoms with Gasteiger partial charge in [0, 0.05) is 6.07 Å². The first-order valence-electron chi connectivity index (χ1n) is 3.09. The molecule has 0 aliphatic heterocycles. The summed E-state index contributed by atoms with van der Waals surface area (Å²) in [5.74, 6) is -0.395. The summed E-state index contributed by atoms with van der Waals surface area (Å²) in [4.78, 5) is 10.8. The molecule has 0 radical (unpaired) electrons. The Morgan fingerprint density at radius 1 is 1.75 bits per heavy atom. The Kier molecular flexibility index (Phi) is 2.36. The monoisotopic (exact) mass is 184 g/mol. The van der Waals surface area contributed by atoms with Crippen LogP contribution in [0.5, 0.6) is 5.75 Å². The topological polar surface area (TPSA) is 66.0 Å². The highest BCUT2D eigenvalue weighted by molar-refractivity contribution is 6.16. The summed E-state index contributed by atoms with van der Waals surface area (Å²) in [6.07, 6.45) is 2.79. The molecular weight excluding hydrogens is 180 g/mol. The van der Waals surface area contributed by atoms with E-state index in [1.807, 2.05) is 0 Å². The SMILES string of the molecule is N#Cn1cc(O)c(=O)cc1CCl. The van der Waals surface area contributed by atoms with E-state index in [2.05, 4.69) is 0 Å². The van der Waals surface area contributed by atoms with E-state index in [0.29, 0.717) is 5.69 Å². The summed E-state index contributed by atoms with van der Waals surface area (Å²) >= 11 is 5.44. The second kappa shape index (κ2) is 3.28. The van der Waals surface area contributed by atoms with Gasteiger partial charge in [-0.1, -0.05) is 0 Å². The summed E-state index contributed by atoms with van der Waals surface area (Å²) in [7, 11) is 0. The quantitative estimate of drug-likeness (QED) is 0.651. The first-order valence-corrected chi connectivity index (χ1v) is 3.63. The number of rotatable bonds is 1. The van der Waals surface area contributed by atoms with Crippen LogP contribution in [0.4, 0.5) is 0 Å². The Morgan fingerprint density at radius 3 is 2.92 bits per heavy atom. The van der Waals surface area contributed by atoms with Crippen LogP contribution in [0.1, 0.15) is 5.69 Å². The standard InChI is InChI=1S/C7H5ClN2O2/c8-2-5-1-6(11)7(12)3-10(5)4-9/h1,3,12H,2H2. The minimum atomic E-state index is -0.530. The lowest BCUT2D eigenvalue weighted by Gasteiger charge is -2.01. The minimum Gasteiger partial charge on any atom is -0.503 e. The van der Waals surface area contributed by atoms with Crippen molar-refractivity contribution in [2.24, 2.45) is 0 Å². The van der Waals surface area contributed by atoms with E-state index in [4.69, 9.17) is 22.0 Å². The van der Waals surface area contributed by atoms with E-state index >= 15 is 0 Å². The number of aromatic nitrogens is 1. The number of aromatic hydroxyl groups is 1. The van der Waals surface area contributed by atoms with E-state index in [0.717, 1.165) is 16.8 Å². The maximum Gasteiger partial charge on any atom is 0.223 e. The normalized spacial score (nSPS) is 9.33. The molecular formula is C7H5ClN2O2. The van der Waals surface area contributed by atoms with Gasteiger partial charge in [-0.25, -0.2) is 0 Å². The van der Waals surface area contributed by atoms with Crippen LogP contribution < -0.4 is 5.43 Å². The van der Waals surface area contributed by atoms with Crippen LogP contribution in [0.3, 0.4) is 0 Å². The second-order valence-electron chi connectivity index (χ2n) is 2.12. The van der Waals surface area contributed by atoms with Crippen LogP contribution in [-0.2, 0) is 5.88 Å². The Hall–Kier alpha value is -1.47. The fraction of sp³-hybridized carbons (Fsp3) is 0.143. The second-order valence-corrected chi connectivity index (χ2v) is 2.39. The third-order valence-electron chi connectivity index (χ3n) is 1.36. The molecule has 0 saturated carbocycles. The summed E-state index contributed by atoms with van der Waals surface area (Å²) in [6.45, 7) is 0. The maximum atomic E-state index is 10.8. The molecule has 1 heterocycles. The molecule has 1 aromatic heterocycles. The number of hydrogen-bond acceptors (Lipinski definition) is 3. The predicted molar refractivity (Wildman–Crippen MR) is 42.9 cm³/mol. The van der Waals surface area contributed by atoms with E-state index in [9.17, 15) is 4.79 Å². The molecule has 4 nitrogen and oxygen atoms in total. The lowest BCUT2D eigenvalue weighted by Crippen LogP contribution is -2.07. The van der Waals surface area contributed by atoms with Crippen molar-refractivity contribution in [3.05, 3.63) is 28.2 Å². The molecule has 0 saturated heterocycles. The summed E-state index contributed by atoms with van der Waals surface area (Å²) in [5, 5.41) is 17.4. The number of hydrogen-bond donors (Lipinski definition) is 1. The molecule has 1 N–H and O–H groups in total. The van der Waals surface area contributed by atoms with Gasteiger partial charge in [-0.15, -0.1) is 11.6 Å².